The zero-order valence-corrected chi connectivity index (χ0v) is 9.12. The van der Waals surface area contributed by atoms with Crippen molar-refractivity contribution in [1.29, 1.82) is 0 Å². The lowest BCUT2D eigenvalue weighted by atomic mass is 10.0. The zero-order valence-electron chi connectivity index (χ0n) is 9.12. The van der Waals surface area contributed by atoms with Gasteiger partial charge in [-0.15, -0.1) is 0 Å². The average molecular weight is 214 g/mol. The van der Waals surface area contributed by atoms with Gasteiger partial charge in [-0.1, -0.05) is 13.8 Å². The molecule has 0 radical (unpaired) electrons. The van der Waals surface area contributed by atoms with Gasteiger partial charge in [-0.3, -0.25) is 9.59 Å². The summed E-state index contributed by atoms with van der Waals surface area (Å²) in [5.74, 6) is -0.107. The minimum absolute atomic E-state index is 0.0793. The summed E-state index contributed by atoms with van der Waals surface area (Å²) in [6.45, 7) is 3.77. The molecule has 15 heavy (non-hydrogen) atoms. The summed E-state index contributed by atoms with van der Waals surface area (Å²) in [7, 11) is 0. The number of nitrogens with one attached hydrogen (secondary N) is 2. The summed E-state index contributed by atoms with van der Waals surface area (Å²) in [5, 5.41) is 14.4. The van der Waals surface area contributed by atoms with E-state index in [4.69, 9.17) is 5.11 Å². The first kappa shape index (κ1) is 12.0. The topological polar surface area (TPSA) is 78.4 Å². The van der Waals surface area contributed by atoms with Crippen molar-refractivity contribution in [3.05, 3.63) is 0 Å². The third kappa shape index (κ3) is 3.20. The largest absolute Gasteiger partial charge is 0.394 e. The Morgan fingerprint density at radius 1 is 1.67 bits per heavy atom. The zero-order chi connectivity index (χ0) is 11.4. The van der Waals surface area contributed by atoms with E-state index in [9.17, 15) is 9.59 Å². The van der Waals surface area contributed by atoms with Gasteiger partial charge in [0.25, 0.3) is 0 Å². The molecule has 5 heteroatoms. The fraction of sp³-hybridized carbons (Fsp3) is 0.800. The molecular weight excluding hydrogens is 196 g/mol. The number of carbonyl (C=O) groups excluding carboxylic acids is 2. The predicted molar refractivity (Wildman–Crippen MR) is 55.0 cm³/mol. The monoisotopic (exact) mass is 214 g/mol. The Morgan fingerprint density at radius 3 is 2.73 bits per heavy atom. The van der Waals surface area contributed by atoms with Crippen LogP contribution >= 0.6 is 0 Å². The van der Waals surface area contributed by atoms with E-state index in [1.165, 1.54) is 0 Å². The van der Waals surface area contributed by atoms with Gasteiger partial charge in [0.05, 0.1) is 12.6 Å². The third-order valence-corrected chi connectivity index (χ3v) is 2.64. The molecule has 86 valence electrons. The lowest BCUT2D eigenvalue weighted by molar-refractivity contribution is -0.126. The van der Waals surface area contributed by atoms with Crippen LogP contribution in [0.1, 0.15) is 26.7 Å². The molecule has 0 aromatic rings. The Bertz CT molecular complexity index is 253. The quantitative estimate of drug-likeness (QED) is 0.584. The van der Waals surface area contributed by atoms with Crippen LogP contribution in [0, 0.1) is 5.92 Å². The van der Waals surface area contributed by atoms with Crippen LogP contribution in [0.3, 0.4) is 0 Å². The lowest BCUT2D eigenvalue weighted by Gasteiger charge is -2.21. The van der Waals surface area contributed by atoms with E-state index in [0.717, 1.165) is 0 Å². The van der Waals surface area contributed by atoms with Crippen LogP contribution < -0.4 is 10.6 Å². The minimum Gasteiger partial charge on any atom is -0.394 e. The van der Waals surface area contributed by atoms with Crippen molar-refractivity contribution >= 4 is 11.8 Å². The lowest BCUT2D eigenvalue weighted by Crippen LogP contribution is -2.49. The Hall–Kier alpha value is -1.10. The van der Waals surface area contributed by atoms with E-state index >= 15 is 0 Å². The molecule has 0 spiro atoms. The van der Waals surface area contributed by atoms with Crippen molar-refractivity contribution in [2.75, 3.05) is 6.61 Å². The molecule has 2 amide bonds. The van der Waals surface area contributed by atoms with Gasteiger partial charge in [0.15, 0.2) is 0 Å². The maximum Gasteiger partial charge on any atom is 0.242 e. The van der Waals surface area contributed by atoms with E-state index in [-0.39, 0.29) is 30.4 Å². The van der Waals surface area contributed by atoms with Crippen LogP contribution in [0.2, 0.25) is 0 Å². The standard InChI is InChI=1S/C10H18N2O3/c1-6(2)8(5-13)12-10(15)7-3-4-9(14)11-7/h6-8,13H,3-5H2,1-2H3,(H,11,14)(H,12,15)/t7-,8?/m1/s1. The van der Waals surface area contributed by atoms with Crippen molar-refractivity contribution in [3.63, 3.8) is 0 Å². The molecule has 0 saturated carbocycles. The number of hydrogen-bond acceptors (Lipinski definition) is 3. The molecule has 3 N–H and O–H groups in total. The van der Waals surface area contributed by atoms with Gasteiger partial charge in [-0.2, -0.15) is 0 Å². The molecule has 1 saturated heterocycles. The molecule has 1 fully saturated rings. The number of aliphatic hydroxyl groups is 1. The van der Waals surface area contributed by atoms with Crippen molar-refractivity contribution < 1.29 is 14.7 Å². The minimum atomic E-state index is -0.426. The molecule has 0 aliphatic carbocycles. The molecule has 1 aliphatic rings. The number of rotatable bonds is 4. The van der Waals surface area contributed by atoms with Crippen molar-refractivity contribution in [3.8, 4) is 0 Å². The molecule has 1 heterocycles. The summed E-state index contributed by atoms with van der Waals surface area (Å²) >= 11 is 0. The van der Waals surface area contributed by atoms with Crippen molar-refractivity contribution in [2.24, 2.45) is 5.92 Å². The Balaban J connectivity index is 2.44. The van der Waals surface area contributed by atoms with Crippen molar-refractivity contribution in [2.45, 2.75) is 38.8 Å². The van der Waals surface area contributed by atoms with Gasteiger partial charge >= 0.3 is 0 Å². The third-order valence-electron chi connectivity index (χ3n) is 2.64. The van der Waals surface area contributed by atoms with Gasteiger partial charge in [0.2, 0.25) is 11.8 Å². The Kier molecular flexibility index (Phi) is 4.08. The average Bonchev–Trinajstić information content (AvgIpc) is 2.60. The number of aliphatic hydroxyl groups excluding tert-OH is 1. The number of amides is 2. The molecule has 0 aromatic carbocycles. The molecule has 1 aliphatic heterocycles. The van der Waals surface area contributed by atoms with Crippen LogP contribution in [-0.4, -0.2) is 35.6 Å². The summed E-state index contributed by atoms with van der Waals surface area (Å²) < 4.78 is 0. The Morgan fingerprint density at radius 2 is 2.33 bits per heavy atom. The van der Waals surface area contributed by atoms with Gasteiger partial charge in [0.1, 0.15) is 6.04 Å². The second-order valence-electron chi connectivity index (χ2n) is 4.20. The van der Waals surface area contributed by atoms with Crippen LogP contribution in [0.15, 0.2) is 0 Å². The normalized spacial score (nSPS) is 22.7. The maximum atomic E-state index is 11.6. The maximum absolute atomic E-state index is 11.6. The fourth-order valence-electron chi connectivity index (χ4n) is 1.52. The highest BCUT2D eigenvalue weighted by Gasteiger charge is 2.28. The van der Waals surface area contributed by atoms with Crippen LogP contribution in [0.25, 0.3) is 0 Å². The molecular formula is C10H18N2O3. The highest BCUT2D eigenvalue weighted by atomic mass is 16.3. The van der Waals surface area contributed by atoms with E-state index in [0.29, 0.717) is 12.8 Å². The van der Waals surface area contributed by atoms with Gasteiger partial charge in [-0.25, -0.2) is 0 Å². The highest BCUT2D eigenvalue weighted by molar-refractivity contribution is 5.90. The first-order valence-electron chi connectivity index (χ1n) is 5.25. The summed E-state index contributed by atoms with van der Waals surface area (Å²) in [6, 6.07) is -0.666. The van der Waals surface area contributed by atoms with E-state index < -0.39 is 6.04 Å². The van der Waals surface area contributed by atoms with Crippen molar-refractivity contribution in [1.82, 2.24) is 10.6 Å². The number of hydrogen-bond donors (Lipinski definition) is 3. The summed E-state index contributed by atoms with van der Waals surface area (Å²) in [4.78, 5) is 22.5. The first-order valence-corrected chi connectivity index (χ1v) is 5.25. The second-order valence-corrected chi connectivity index (χ2v) is 4.20. The molecule has 2 atom stereocenters. The van der Waals surface area contributed by atoms with E-state index in [1.54, 1.807) is 0 Å². The SMILES string of the molecule is CC(C)C(CO)NC(=O)[C@H]1CCC(=O)N1. The summed E-state index contributed by atoms with van der Waals surface area (Å²) in [5.41, 5.74) is 0. The molecule has 5 nitrogen and oxygen atoms in total. The van der Waals surface area contributed by atoms with Gasteiger partial charge in [0, 0.05) is 6.42 Å². The highest BCUT2D eigenvalue weighted by Crippen LogP contribution is 2.08. The van der Waals surface area contributed by atoms with Crippen LogP contribution in [0.4, 0.5) is 0 Å². The van der Waals surface area contributed by atoms with E-state index in [2.05, 4.69) is 10.6 Å². The molecule has 0 bridgehead atoms. The molecule has 0 aromatic heterocycles. The smallest absolute Gasteiger partial charge is 0.242 e. The summed E-state index contributed by atoms with van der Waals surface area (Å²) in [6.07, 6.45) is 0.949. The molecule has 1 unspecified atom stereocenters. The van der Waals surface area contributed by atoms with Gasteiger partial charge in [-0.05, 0) is 12.3 Å². The number of carbonyl (C=O) groups is 2. The van der Waals surface area contributed by atoms with E-state index in [1.807, 2.05) is 13.8 Å². The molecule has 1 rings (SSSR count). The second kappa shape index (κ2) is 5.11. The Labute approximate surface area is 89.2 Å². The first-order chi connectivity index (χ1) is 7.04. The van der Waals surface area contributed by atoms with Crippen LogP contribution in [0.5, 0.6) is 0 Å². The fourth-order valence-corrected chi connectivity index (χ4v) is 1.52. The van der Waals surface area contributed by atoms with Crippen LogP contribution in [-0.2, 0) is 9.59 Å². The van der Waals surface area contributed by atoms with Gasteiger partial charge < -0.3 is 15.7 Å². The predicted octanol–water partition coefficient (Wildman–Crippen LogP) is -0.602.